The molecule has 2 aromatic carbocycles. The SMILES string of the molecule is C=C(c1csc(CN(Cc2ccc3c(c2)OCO3)Cc2ccc(OC)cc2OC)n1)N1CCN(C(C)=O)CC1. The molecule has 1 saturated heterocycles. The molecule has 206 valence electrons. The Balaban J connectivity index is 1.33. The van der Waals surface area contributed by atoms with Crippen molar-refractivity contribution in [3.05, 3.63) is 70.2 Å². The van der Waals surface area contributed by atoms with Gasteiger partial charge in [0.25, 0.3) is 0 Å². The highest BCUT2D eigenvalue weighted by Gasteiger charge is 2.22. The van der Waals surface area contributed by atoms with Gasteiger partial charge in [-0.1, -0.05) is 18.7 Å². The molecule has 1 amide bonds. The van der Waals surface area contributed by atoms with Crippen LogP contribution in [-0.2, 0) is 24.4 Å². The number of nitrogens with zero attached hydrogens (tertiary/aromatic N) is 4. The lowest BCUT2D eigenvalue weighted by Crippen LogP contribution is -2.47. The van der Waals surface area contributed by atoms with Gasteiger partial charge in [0.2, 0.25) is 12.7 Å². The molecule has 0 bridgehead atoms. The Labute approximate surface area is 233 Å². The summed E-state index contributed by atoms with van der Waals surface area (Å²) in [4.78, 5) is 23.1. The molecular formula is C29H34N4O5S. The minimum absolute atomic E-state index is 0.118. The monoisotopic (exact) mass is 550 g/mol. The molecule has 2 aliphatic heterocycles. The van der Waals surface area contributed by atoms with E-state index in [0.717, 1.165) is 63.6 Å². The van der Waals surface area contributed by atoms with Gasteiger partial charge in [-0.15, -0.1) is 11.3 Å². The van der Waals surface area contributed by atoms with E-state index in [9.17, 15) is 4.79 Å². The highest BCUT2D eigenvalue weighted by atomic mass is 32.1. The Bertz CT molecular complexity index is 1330. The molecule has 10 heteroatoms. The van der Waals surface area contributed by atoms with Gasteiger partial charge >= 0.3 is 0 Å². The molecule has 3 aromatic rings. The first kappa shape index (κ1) is 26.8. The number of fused-ring (bicyclic) bond motifs is 1. The van der Waals surface area contributed by atoms with E-state index in [4.69, 9.17) is 23.9 Å². The first-order valence-electron chi connectivity index (χ1n) is 12.9. The average Bonchev–Trinajstić information content (AvgIpc) is 3.62. The molecule has 0 radical (unpaired) electrons. The van der Waals surface area contributed by atoms with Crippen LogP contribution in [0.15, 0.2) is 48.4 Å². The van der Waals surface area contributed by atoms with Gasteiger partial charge in [-0.25, -0.2) is 4.98 Å². The third-order valence-electron chi connectivity index (χ3n) is 7.04. The Kier molecular flexibility index (Phi) is 8.23. The van der Waals surface area contributed by atoms with Crippen LogP contribution >= 0.6 is 11.3 Å². The van der Waals surface area contributed by atoms with Crippen LogP contribution in [0.4, 0.5) is 0 Å². The van der Waals surface area contributed by atoms with Crippen molar-refractivity contribution in [3.8, 4) is 23.0 Å². The second-order valence-corrected chi connectivity index (χ2v) is 10.5. The standard InChI is InChI=1S/C29H34N4O5S/c1-20(32-9-11-33(12-10-32)21(2)34)25-18-39-29(30-25)17-31(15-22-5-8-26-28(13-22)38-19-37-26)16-23-6-7-24(35-3)14-27(23)36-4/h5-8,13-14,18H,1,9-12,15-17,19H2,2-4H3. The molecule has 5 rings (SSSR count). The van der Waals surface area contributed by atoms with E-state index >= 15 is 0 Å². The number of hydrogen-bond acceptors (Lipinski definition) is 9. The molecule has 0 saturated carbocycles. The number of methoxy groups -OCH3 is 2. The minimum atomic E-state index is 0.118. The Morgan fingerprint density at radius 3 is 2.51 bits per heavy atom. The fourth-order valence-corrected chi connectivity index (χ4v) is 5.69. The van der Waals surface area contributed by atoms with E-state index in [1.54, 1.807) is 32.5 Å². The van der Waals surface area contributed by atoms with Crippen LogP contribution in [0.1, 0.15) is 28.8 Å². The maximum atomic E-state index is 11.7. The average molecular weight is 551 g/mol. The van der Waals surface area contributed by atoms with Crippen molar-refractivity contribution in [2.24, 2.45) is 0 Å². The van der Waals surface area contributed by atoms with Crippen LogP contribution in [0.25, 0.3) is 5.70 Å². The van der Waals surface area contributed by atoms with Crippen molar-refractivity contribution < 1.29 is 23.7 Å². The number of thiazole rings is 1. The van der Waals surface area contributed by atoms with E-state index in [1.165, 1.54) is 0 Å². The van der Waals surface area contributed by atoms with Crippen LogP contribution in [-0.4, -0.2) is 72.8 Å². The number of ether oxygens (including phenoxy) is 4. The fourth-order valence-electron chi connectivity index (χ4n) is 4.85. The smallest absolute Gasteiger partial charge is 0.231 e. The van der Waals surface area contributed by atoms with Crippen molar-refractivity contribution in [1.82, 2.24) is 19.7 Å². The van der Waals surface area contributed by atoms with Crippen molar-refractivity contribution in [2.45, 2.75) is 26.6 Å². The second-order valence-electron chi connectivity index (χ2n) is 9.58. The van der Waals surface area contributed by atoms with E-state index < -0.39 is 0 Å². The summed E-state index contributed by atoms with van der Waals surface area (Å²) < 4.78 is 22.2. The maximum absolute atomic E-state index is 11.7. The molecular weight excluding hydrogens is 516 g/mol. The zero-order valence-electron chi connectivity index (χ0n) is 22.6. The largest absolute Gasteiger partial charge is 0.497 e. The van der Waals surface area contributed by atoms with Crippen molar-refractivity contribution in [3.63, 3.8) is 0 Å². The van der Waals surface area contributed by atoms with Crippen LogP contribution < -0.4 is 18.9 Å². The normalized spacial score (nSPS) is 14.6. The topological polar surface area (TPSA) is 76.6 Å². The molecule has 0 N–H and O–H groups in total. The van der Waals surface area contributed by atoms with Crippen molar-refractivity contribution in [2.75, 3.05) is 47.2 Å². The molecule has 0 unspecified atom stereocenters. The third-order valence-corrected chi connectivity index (χ3v) is 7.88. The van der Waals surface area contributed by atoms with Gasteiger partial charge in [0.15, 0.2) is 11.5 Å². The molecule has 1 aromatic heterocycles. The molecule has 3 heterocycles. The summed E-state index contributed by atoms with van der Waals surface area (Å²) in [6, 6.07) is 12.0. The van der Waals surface area contributed by atoms with E-state index in [1.807, 2.05) is 35.2 Å². The lowest BCUT2D eigenvalue weighted by molar-refractivity contribution is -0.130. The van der Waals surface area contributed by atoms with Gasteiger partial charge in [-0.2, -0.15) is 0 Å². The summed E-state index contributed by atoms with van der Waals surface area (Å²) in [7, 11) is 3.33. The van der Waals surface area contributed by atoms with Crippen LogP contribution in [0.3, 0.4) is 0 Å². The molecule has 0 spiro atoms. The maximum Gasteiger partial charge on any atom is 0.231 e. The van der Waals surface area contributed by atoms with E-state index in [2.05, 4.69) is 27.8 Å². The lowest BCUT2D eigenvalue weighted by atomic mass is 10.1. The number of rotatable bonds is 10. The quantitative estimate of drug-likeness (QED) is 0.371. The first-order chi connectivity index (χ1) is 18.9. The molecule has 9 nitrogen and oxygen atoms in total. The number of carbonyl (C=O) groups excluding carboxylic acids is 1. The van der Waals surface area contributed by atoms with Gasteiger partial charge in [-0.05, 0) is 23.8 Å². The number of aromatic nitrogens is 1. The third kappa shape index (κ3) is 6.29. The van der Waals surface area contributed by atoms with Crippen molar-refractivity contribution in [1.29, 1.82) is 0 Å². The Morgan fingerprint density at radius 2 is 1.77 bits per heavy atom. The van der Waals surface area contributed by atoms with Crippen molar-refractivity contribution >= 4 is 22.9 Å². The van der Waals surface area contributed by atoms with Crippen LogP contribution in [0.2, 0.25) is 0 Å². The number of benzene rings is 2. The second kappa shape index (κ2) is 12.0. The van der Waals surface area contributed by atoms with Crippen LogP contribution in [0.5, 0.6) is 23.0 Å². The number of carbonyl (C=O) groups is 1. The van der Waals surface area contributed by atoms with Gasteiger partial charge < -0.3 is 28.7 Å². The van der Waals surface area contributed by atoms with Gasteiger partial charge in [0.05, 0.1) is 32.2 Å². The molecule has 0 atom stereocenters. The van der Waals surface area contributed by atoms with Gasteiger partial charge in [-0.3, -0.25) is 9.69 Å². The molecule has 39 heavy (non-hydrogen) atoms. The predicted molar refractivity (Wildman–Crippen MR) is 150 cm³/mol. The number of piperazine rings is 1. The molecule has 2 aliphatic rings. The van der Waals surface area contributed by atoms with Crippen LogP contribution in [0, 0.1) is 0 Å². The predicted octanol–water partition coefficient (Wildman–Crippen LogP) is 4.23. The Hall–Kier alpha value is -3.76. The summed E-state index contributed by atoms with van der Waals surface area (Å²) in [5.41, 5.74) is 3.97. The Morgan fingerprint density at radius 1 is 1.00 bits per heavy atom. The van der Waals surface area contributed by atoms with E-state index in [-0.39, 0.29) is 12.7 Å². The summed E-state index contributed by atoms with van der Waals surface area (Å²) in [6.07, 6.45) is 0. The zero-order chi connectivity index (χ0) is 27.4. The number of hydrogen-bond donors (Lipinski definition) is 0. The summed E-state index contributed by atoms with van der Waals surface area (Å²) in [6.45, 7) is 11.1. The fraction of sp³-hybridized carbons (Fsp3) is 0.379. The lowest BCUT2D eigenvalue weighted by Gasteiger charge is -2.36. The first-order valence-corrected chi connectivity index (χ1v) is 13.8. The number of amides is 1. The minimum Gasteiger partial charge on any atom is -0.497 e. The molecule has 0 aliphatic carbocycles. The van der Waals surface area contributed by atoms with Gasteiger partial charge in [0.1, 0.15) is 16.5 Å². The summed E-state index contributed by atoms with van der Waals surface area (Å²) in [5.74, 6) is 3.20. The zero-order valence-corrected chi connectivity index (χ0v) is 23.5. The summed E-state index contributed by atoms with van der Waals surface area (Å²) in [5, 5.41) is 3.07. The summed E-state index contributed by atoms with van der Waals surface area (Å²) >= 11 is 1.63. The van der Waals surface area contributed by atoms with E-state index in [0.29, 0.717) is 32.7 Å². The molecule has 1 fully saturated rings. The van der Waals surface area contributed by atoms with Gasteiger partial charge in [0, 0.05) is 63.2 Å². The highest BCUT2D eigenvalue weighted by molar-refractivity contribution is 7.09. The highest BCUT2D eigenvalue weighted by Crippen LogP contribution is 2.34.